The number of piperazine rings is 1. The zero-order chi connectivity index (χ0) is 26.7. The fourth-order valence-corrected chi connectivity index (χ4v) is 6.76. The van der Waals surface area contributed by atoms with Crippen molar-refractivity contribution < 1.29 is 22.7 Å². The van der Waals surface area contributed by atoms with Crippen LogP contribution in [0.4, 0.5) is 0 Å². The van der Waals surface area contributed by atoms with Gasteiger partial charge in [-0.05, 0) is 35.0 Å². The minimum Gasteiger partial charge on any atom is -0.467 e. The number of rotatable bonds is 7. The van der Waals surface area contributed by atoms with Gasteiger partial charge < -0.3 is 14.2 Å². The number of methoxy groups -OCH3 is 1. The van der Waals surface area contributed by atoms with Gasteiger partial charge in [-0.2, -0.15) is 0 Å². The molecule has 198 valence electrons. The number of fused-ring (bicyclic) bond motifs is 1. The van der Waals surface area contributed by atoms with E-state index in [-0.39, 0.29) is 23.0 Å². The van der Waals surface area contributed by atoms with Crippen LogP contribution in [0.2, 0.25) is 5.02 Å². The van der Waals surface area contributed by atoms with E-state index in [0.717, 1.165) is 21.3 Å². The van der Waals surface area contributed by atoms with E-state index < -0.39 is 21.8 Å². The normalized spacial score (nSPS) is 17.4. The third kappa shape index (κ3) is 6.06. The highest BCUT2D eigenvalue weighted by molar-refractivity contribution is 7.91. The van der Waals surface area contributed by atoms with Crippen LogP contribution in [-0.2, 0) is 37.8 Å². The minimum atomic E-state index is -3.71. The number of aromatic nitrogens is 1. The molecule has 1 aliphatic rings. The van der Waals surface area contributed by atoms with Gasteiger partial charge in [-0.15, -0.1) is 11.3 Å². The molecule has 1 aliphatic heterocycles. The van der Waals surface area contributed by atoms with Gasteiger partial charge in [0.15, 0.2) is 14.6 Å². The Bertz CT molecular complexity index is 1500. The summed E-state index contributed by atoms with van der Waals surface area (Å²) < 4.78 is 33.0. The maximum absolute atomic E-state index is 13.1. The van der Waals surface area contributed by atoms with Gasteiger partial charge in [0.05, 0.1) is 17.8 Å². The van der Waals surface area contributed by atoms with Crippen molar-refractivity contribution in [2.24, 2.45) is 12.0 Å². The van der Waals surface area contributed by atoms with Crippen molar-refractivity contribution >= 4 is 55.4 Å². The minimum absolute atomic E-state index is 0.145. The van der Waals surface area contributed by atoms with Gasteiger partial charge in [-0.25, -0.2) is 13.2 Å². The Morgan fingerprint density at radius 1 is 1.16 bits per heavy atom. The molecular formula is C25H29ClN4O5S2. The summed E-state index contributed by atoms with van der Waals surface area (Å²) in [6.07, 6.45) is -0.227. The number of ether oxygens (including phenoxy) is 1. The van der Waals surface area contributed by atoms with Gasteiger partial charge in [0.2, 0.25) is 5.91 Å². The lowest BCUT2D eigenvalue weighted by atomic mass is 10.1. The molecule has 1 unspecified atom stereocenters. The summed E-state index contributed by atoms with van der Waals surface area (Å²) >= 11 is 7.55. The van der Waals surface area contributed by atoms with Crippen LogP contribution in [0.25, 0.3) is 10.8 Å². The first-order valence-corrected chi connectivity index (χ1v) is 14.6. The molecule has 1 fully saturated rings. The van der Waals surface area contributed by atoms with Crippen molar-refractivity contribution in [3.8, 4) is 0 Å². The molecule has 2 heterocycles. The number of benzene rings is 2. The van der Waals surface area contributed by atoms with Crippen LogP contribution < -0.4 is 4.80 Å². The van der Waals surface area contributed by atoms with E-state index in [1.54, 1.807) is 48.7 Å². The van der Waals surface area contributed by atoms with Crippen LogP contribution in [0.5, 0.6) is 0 Å². The summed E-state index contributed by atoms with van der Waals surface area (Å²) in [5.41, 5.74) is 1.05. The molecule has 1 amide bonds. The Kier molecular flexibility index (Phi) is 8.37. The van der Waals surface area contributed by atoms with Crippen LogP contribution in [0.15, 0.2) is 51.7 Å². The first kappa shape index (κ1) is 27.3. The Hall–Kier alpha value is -2.73. The van der Waals surface area contributed by atoms with Crippen molar-refractivity contribution in [2.75, 3.05) is 39.5 Å². The molecule has 0 aliphatic carbocycles. The SMILES string of the molecule is CN=c1scc(CN2CCN(C(=O)CCS(=O)(=O)c3ccc4cc(Cl)ccc4c3)C(C(=O)OC)C2)n1C. The molecule has 0 bridgehead atoms. The van der Waals surface area contributed by atoms with Crippen molar-refractivity contribution in [3.63, 3.8) is 0 Å². The van der Waals surface area contributed by atoms with Crippen LogP contribution in [0, 0.1) is 0 Å². The molecule has 2 aromatic carbocycles. The average molecular weight is 565 g/mol. The molecule has 0 N–H and O–H groups in total. The fourth-order valence-electron chi connectivity index (χ4n) is 4.47. The van der Waals surface area contributed by atoms with E-state index in [0.29, 0.717) is 31.2 Å². The summed E-state index contributed by atoms with van der Waals surface area (Å²) in [5.74, 6) is -1.26. The van der Waals surface area contributed by atoms with Gasteiger partial charge in [0.1, 0.15) is 6.04 Å². The number of thiazole rings is 1. The first-order chi connectivity index (χ1) is 17.6. The fraction of sp³-hybridized carbons (Fsp3) is 0.400. The van der Waals surface area contributed by atoms with Crippen molar-refractivity contribution in [1.82, 2.24) is 14.4 Å². The zero-order valence-electron chi connectivity index (χ0n) is 20.9. The second-order valence-corrected chi connectivity index (χ2v) is 12.3. The maximum atomic E-state index is 13.1. The number of halogens is 1. The molecular weight excluding hydrogens is 536 g/mol. The standard InChI is InChI=1S/C25H29ClN4O5S2/c1-27-25-28(2)20(16-36-25)14-29-9-10-30(22(15-29)24(32)35-3)23(31)8-11-37(33,34)21-7-5-17-12-19(26)6-4-18(17)13-21/h4-7,12-13,16,22H,8-11,14-15H2,1-3H3. The molecule has 1 aromatic heterocycles. The van der Waals surface area contributed by atoms with Gasteiger partial charge in [0, 0.05) is 62.8 Å². The van der Waals surface area contributed by atoms with Crippen LogP contribution in [0.3, 0.4) is 0 Å². The molecule has 0 saturated carbocycles. The topological polar surface area (TPSA) is 101 Å². The maximum Gasteiger partial charge on any atom is 0.329 e. The third-order valence-electron chi connectivity index (χ3n) is 6.57. The van der Waals surface area contributed by atoms with E-state index in [2.05, 4.69) is 9.89 Å². The molecule has 4 rings (SSSR count). The molecule has 12 heteroatoms. The predicted molar refractivity (Wildman–Crippen MR) is 143 cm³/mol. The molecule has 1 atom stereocenters. The Balaban J connectivity index is 1.44. The number of hydrogen-bond donors (Lipinski definition) is 0. The van der Waals surface area contributed by atoms with E-state index in [4.69, 9.17) is 16.3 Å². The number of esters is 1. The molecule has 3 aromatic rings. The highest BCUT2D eigenvalue weighted by atomic mass is 35.5. The van der Waals surface area contributed by atoms with E-state index in [1.165, 1.54) is 18.1 Å². The van der Waals surface area contributed by atoms with Gasteiger partial charge in [-0.1, -0.05) is 23.7 Å². The Morgan fingerprint density at radius 3 is 2.59 bits per heavy atom. The summed E-state index contributed by atoms with van der Waals surface area (Å²) in [4.78, 5) is 34.5. The number of sulfone groups is 1. The monoisotopic (exact) mass is 564 g/mol. The lowest BCUT2D eigenvalue weighted by Crippen LogP contribution is -2.58. The van der Waals surface area contributed by atoms with Crippen molar-refractivity contribution in [1.29, 1.82) is 0 Å². The smallest absolute Gasteiger partial charge is 0.329 e. The quantitative estimate of drug-likeness (QED) is 0.409. The summed E-state index contributed by atoms with van der Waals surface area (Å²) in [6, 6.07) is 9.23. The Labute approximate surface area is 224 Å². The lowest BCUT2D eigenvalue weighted by Gasteiger charge is -2.39. The van der Waals surface area contributed by atoms with Gasteiger partial charge in [-0.3, -0.25) is 14.7 Å². The van der Waals surface area contributed by atoms with E-state index >= 15 is 0 Å². The number of nitrogens with zero attached hydrogens (tertiary/aromatic N) is 4. The van der Waals surface area contributed by atoms with Crippen molar-refractivity contribution in [3.05, 3.63) is 57.3 Å². The Morgan fingerprint density at radius 2 is 1.89 bits per heavy atom. The summed E-state index contributed by atoms with van der Waals surface area (Å²) in [7, 11) is 1.25. The number of amides is 1. The van der Waals surface area contributed by atoms with Crippen molar-refractivity contribution in [2.45, 2.75) is 23.9 Å². The average Bonchev–Trinajstić information content (AvgIpc) is 3.25. The molecule has 0 spiro atoms. The van der Waals surface area contributed by atoms with Crippen LogP contribution in [-0.4, -0.2) is 80.2 Å². The summed E-state index contributed by atoms with van der Waals surface area (Å²) in [5, 5.41) is 4.17. The highest BCUT2D eigenvalue weighted by Gasteiger charge is 2.36. The molecule has 9 nitrogen and oxygen atoms in total. The van der Waals surface area contributed by atoms with E-state index in [1.807, 2.05) is 17.0 Å². The largest absolute Gasteiger partial charge is 0.467 e. The number of carbonyl (C=O) groups excluding carboxylic acids is 2. The zero-order valence-corrected chi connectivity index (χ0v) is 23.3. The highest BCUT2D eigenvalue weighted by Crippen LogP contribution is 2.24. The van der Waals surface area contributed by atoms with Gasteiger partial charge >= 0.3 is 5.97 Å². The first-order valence-electron chi connectivity index (χ1n) is 11.7. The number of hydrogen-bond acceptors (Lipinski definition) is 8. The van der Waals surface area contributed by atoms with E-state index in [9.17, 15) is 18.0 Å². The molecule has 37 heavy (non-hydrogen) atoms. The van der Waals surface area contributed by atoms with Crippen LogP contribution in [0.1, 0.15) is 12.1 Å². The second-order valence-electron chi connectivity index (χ2n) is 8.88. The van der Waals surface area contributed by atoms with Crippen LogP contribution >= 0.6 is 22.9 Å². The molecule has 1 saturated heterocycles. The molecule has 0 radical (unpaired) electrons. The number of carbonyl (C=O) groups is 2. The second kappa shape index (κ2) is 11.3. The summed E-state index contributed by atoms with van der Waals surface area (Å²) in [6.45, 7) is 1.74. The third-order valence-corrected chi connectivity index (χ3v) is 9.58. The van der Waals surface area contributed by atoms with Gasteiger partial charge in [0.25, 0.3) is 0 Å². The predicted octanol–water partition coefficient (Wildman–Crippen LogP) is 2.47. The lowest BCUT2D eigenvalue weighted by molar-refractivity contribution is -0.156.